The number of benzene rings is 1. The molecule has 0 N–H and O–H groups in total. The summed E-state index contributed by atoms with van der Waals surface area (Å²) in [7, 11) is 1.61. The van der Waals surface area contributed by atoms with Crippen LogP contribution in [-0.4, -0.2) is 23.2 Å². The molecule has 0 spiro atoms. The Morgan fingerprint density at radius 3 is 2.94 bits per heavy atom. The molecule has 0 fully saturated rings. The summed E-state index contributed by atoms with van der Waals surface area (Å²) >= 11 is 0. The van der Waals surface area contributed by atoms with Crippen molar-refractivity contribution in [3.8, 4) is 16.9 Å². The van der Waals surface area contributed by atoms with Crippen LogP contribution >= 0.6 is 0 Å². The van der Waals surface area contributed by atoms with Crippen LogP contribution in [0.5, 0.6) is 5.75 Å². The van der Waals surface area contributed by atoms with Gasteiger partial charge in [-0.25, -0.2) is 0 Å². The van der Waals surface area contributed by atoms with Gasteiger partial charge in [-0.1, -0.05) is 6.92 Å². The van der Waals surface area contributed by atoms with Gasteiger partial charge in [0.1, 0.15) is 5.75 Å². The fraction of sp³-hybridized carbons (Fsp3) is 0.286. The summed E-state index contributed by atoms with van der Waals surface area (Å²) in [6, 6.07) is 5.40. The van der Waals surface area contributed by atoms with Gasteiger partial charge in [-0.15, -0.1) is 0 Å². The Labute approximate surface area is 106 Å². The van der Waals surface area contributed by atoms with Crippen molar-refractivity contribution in [3.63, 3.8) is 0 Å². The number of hydrogen-bond donors (Lipinski definition) is 0. The lowest BCUT2D eigenvalue weighted by atomic mass is 10.0. The van der Waals surface area contributed by atoms with Crippen LogP contribution in [0.4, 0.5) is 0 Å². The Balaban J connectivity index is 2.43. The smallest absolute Gasteiger partial charge is 0.150 e. The van der Waals surface area contributed by atoms with Crippen molar-refractivity contribution in [1.29, 1.82) is 0 Å². The summed E-state index contributed by atoms with van der Waals surface area (Å²) in [5.41, 5.74) is 2.43. The van der Waals surface area contributed by atoms with Crippen molar-refractivity contribution >= 4 is 6.29 Å². The highest BCUT2D eigenvalue weighted by Crippen LogP contribution is 2.26. The van der Waals surface area contributed by atoms with Crippen LogP contribution in [0.3, 0.4) is 0 Å². The van der Waals surface area contributed by atoms with Gasteiger partial charge in [-0.3, -0.25) is 9.48 Å². The van der Waals surface area contributed by atoms with Crippen molar-refractivity contribution in [2.75, 3.05) is 7.11 Å². The number of aromatic nitrogens is 2. The zero-order valence-electron chi connectivity index (χ0n) is 10.6. The molecule has 0 saturated carbocycles. The van der Waals surface area contributed by atoms with E-state index in [1.165, 1.54) is 0 Å². The van der Waals surface area contributed by atoms with E-state index in [2.05, 4.69) is 12.0 Å². The molecule has 1 aromatic carbocycles. The van der Waals surface area contributed by atoms with Crippen molar-refractivity contribution in [2.24, 2.45) is 0 Å². The largest absolute Gasteiger partial charge is 0.497 e. The molecule has 1 aromatic heterocycles. The molecule has 94 valence electrons. The molecule has 0 saturated heterocycles. The Hall–Kier alpha value is -2.10. The zero-order chi connectivity index (χ0) is 13.0. The number of carbonyl (C=O) groups is 1. The van der Waals surface area contributed by atoms with Crippen molar-refractivity contribution in [1.82, 2.24) is 9.78 Å². The molecular formula is C14H16N2O2. The summed E-state index contributed by atoms with van der Waals surface area (Å²) in [5.74, 6) is 0.735. The minimum Gasteiger partial charge on any atom is -0.497 e. The fourth-order valence-electron chi connectivity index (χ4n) is 1.87. The normalized spacial score (nSPS) is 10.3. The molecule has 0 amide bonds. The fourth-order valence-corrected chi connectivity index (χ4v) is 1.87. The first-order valence-corrected chi connectivity index (χ1v) is 5.94. The summed E-state index contributed by atoms with van der Waals surface area (Å²) in [5, 5.41) is 4.27. The third kappa shape index (κ3) is 2.42. The van der Waals surface area contributed by atoms with Crippen LogP contribution in [0.15, 0.2) is 30.6 Å². The number of carbonyl (C=O) groups excluding carboxylic acids is 1. The lowest BCUT2D eigenvalue weighted by molar-refractivity contribution is 0.112. The Morgan fingerprint density at radius 2 is 2.28 bits per heavy atom. The number of methoxy groups -OCH3 is 1. The molecule has 0 atom stereocenters. The molecule has 18 heavy (non-hydrogen) atoms. The average molecular weight is 244 g/mol. The monoisotopic (exact) mass is 244 g/mol. The van der Waals surface area contributed by atoms with Crippen molar-refractivity contribution in [2.45, 2.75) is 19.9 Å². The number of rotatable bonds is 5. The van der Waals surface area contributed by atoms with E-state index in [9.17, 15) is 4.79 Å². The molecule has 0 radical (unpaired) electrons. The van der Waals surface area contributed by atoms with Gasteiger partial charge in [-0.05, 0) is 30.2 Å². The molecule has 2 rings (SSSR count). The van der Waals surface area contributed by atoms with Gasteiger partial charge in [0.2, 0.25) is 0 Å². The van der Waals surface area contributed by atoms with E-state index in [4.69, 9.17) is 4.74 Å². The van der Waals surface area contributed by atoms with Crippen LogP contribution in [0.2, 0.25) is 0 Å². The molecule has 4 nitrogen and oxygen atoms in total. The lowest BCUT2D eigenvalue weighted by Gasteiger charge is -2.05. The quantitative estimate of drug-likeness (QED) is 0.760. The third-order valence-corrected chi connectivity index (χ3v) is 2.78. The Kier molecular flexibility index (Phi) is 3.77. The second kappa shape index (κ2) is 5.49. The van der Waals surface area contributed by atoms with E-state index in [0.29, 0.717) is 5.56 Å². The number of aryl methyl sites for hydroxylation is 1. The topological polar surface area (TPSA) is 44.1 Å². The van der Waals surface area contributed by atoms with E-state index in [0.717, 1.165) is 36.1 Å². The maximum Gasteiger partial charge on any atom is 0.150 e. The minimum absolute atomic E-state index is 0.645. The van der Waals surface area contributed by atoms with Gasteiger partial charge in [0.05, 0.1) is 13.3 Å². The number of aldehydes is 1. The van der Waals surface area contributed by atoms with E-state index in [1.54, 1.807) is 25.4 Å². The first-order chi connectivity index (χ1) is 8.78. The van der Waals surface area contributed by atoms with Gasteiger partial charge in [0.25, 0.3) is 0 Å². The lowest BCUT2D eigenvalue weighted by Crippen LogP contribution is -1.95. The molecule has 2 aromatic rings. The third-order valence-electron chi connectivity index (χ3n) is 2.78. The molecule has 1 heterocycles. The number of ether oxygens (including phenoxy) is 1. The summed E-state index contributed by atoms with van der Waals surface area (Å²) < 4.78 is 7.07. The van der Waals surface area contributed by atoms with E-state index < -0.39 is 0 Å². The molecule has 0 aliphatic heterocycles. The molecule has 0 aliphatic rings. The van der Waals surface area contributed by atoms with Crippen molar-refractivity contribution < 1.29 is 9.53 Å². The maximum absolute atomic E-state index is 11.1. The second-order valence-corrected chi connectivity index (χ2v) is 4.06. The first kappa shape index (κ1) is 12.4. The Morgan fingerprint density at radius 1 is 1.44 bits per heavy atom. The minimum atomic E-state index is 0.645. The highest BCUT2D eigenvalue weighted by Gasteiger charge is 2.08. The van der Waals surface area contributed by atoms with Gasteiger partial charge in [0, 0.05) is 23.9 Å². The average Bonchev–Trinajstić information content (AvgIpc) is 2.87. The number of hydrogen-bond acceptors (Lipinski definition) is 3. The highest BCUT2D eigenvalue weighted by molar-refractivity contribution is 5.87. The SMILES string of the molecule is CCCn1cc(-c2cc(OC)ccc2C=O)cn1. The van der Waals surface area contributed by atoms with Crippen LogP contribution in [0.25, 0.3) is 11.1 Å². The predicted octanol–water partition coefficient (Wildman–Crippen LogP) is 2.78. The van der Waals surface area contributed by atoms with E-state index >= 15 is 0 Å². The maximum atomic E-state index is 11.1. The highest BCUT2D eigenvalue weighted by atomic mass is 16.5. The molecule has 0 aliphatic carbocycles. The summed E-state index contributed by atoms with van der Waals surface area (Å²) in [4.78, 5) is 11.1. The molecule has 4 heteroatoms. The van der Waals surface area contributed by atoms with Gasteiger partial charge < -0.3 is 4.74 Å². The van der Waals surface area contributed by atoms with Crippen LogP contribution < -0.4 is 4.74 Å². The second-order valence-electron chi connectivity index (χ2n) is 4.06. The van der Waals surface area contributed by atoms with E-state index in [1.807, 2.05) is 16.9 Å². The predicted molar refractivity (Wildman–Crippen MR) is 69.9 cm³/mol. The molecule has 0 unspecified atom stereocenters. The Bertz CT molecular complexity index is 546. The number of nitrogens with zero attached hydrogens (tertiary/aromatic N) is 2. The summed E-state index contributed by atoms with van der Waals surface area (Å²) in [6.45, 7) is 2.98. The zero-order valence-corrected chi connectivity index (χ0v) is 10.6. The molecule has 0 bridgehead atoms. The van der Waals surface area contributed by atoms with Gasteiger partial charge >= 0.3 is 0 Å². The van der Waals surface area contributed by atoms with Gasteiger partial charge in [-0.2, -0.15) is 5.10 Å². The first-order valence-electron chi connectivity index (χ1n) is 5.94. The van der Waals surface area contributed by atoms with Crippen LogP contribution in [0.1, 0.15) is 23.7 Å². The van der Waals surface area contributed by atoms with E-state index in [-0.39, 0.29) is 0 Å². The van der Waals surface area contributed by atoms with Crippen molar-refractivity contribution in [3.05, 3.63) is 36.2 Å². The molecular weight excluding hydrogens is 228 g/mol. The van der Waals surface area contributed by atoms with Crippen LogP contribution in [-0.2, 0) is 6.54 Å². The standard InChI is InChI=1S/C14H16N2O2/c1-3-6-16-9-12(8-15-16)14-7-13(18-2)5-4-11(14)10-17/h4-5,7-10H,3,6H2,1-2H3. The van der Waals surface area contributed by atoms with Gasteiger partial charge in [0.15, 0.2) is 6.29 Å². The van der Waals surface area contributed by atoms with Crippen LogP contribution in [0, 0.1) is 0 Å². The summed E-state index contributed by atoms with van der Waals surface area (Å²) in [6.07, 6.45) is 5.61.